The van der Waals surface area contributed by atoms with E-state index in [1.165, 1.54) is 10.6 Å². The van der Waals surface area contributed by atoms with E-state index in [-0.39, 0.29) is 16.7 Å². The first-order valence-corrected chi connectivity index (χ1v) is 16.3. The number of furan rings is 1. The largest absolute Gasteiger partial charge is 0.463 e. The number of aromatic nitrogens is 4. The zero-order valence-corrected chi connectivity index (χ0v) is 24.8. The minimum Gasteiger partial charge on any atom is -0.463 e. The number of hydrogen-bond acceptors (Lipinski definition) is 10. The molecule has 2 N–H and O–H groups in total. The number of hydrogen-bond donors (Lipinski definition) is 1. The molecular weight excluding hydrogens is 595 g/mol. The van der Waals surface area contributed by atoms with E-state index in [0.29, 0.717) is 102 Å². The summed E-state index contributed by atoms with van der Waals surface area (Å²) in [5, 5.41) is 4.50. The molecule has 0 bridgehead atoms. The number of carbonyl (C=O) groups excluding carboxylic acids is 1. The van der Waals surface area contributed by atoms with Gasteiger partial charge in [0.15, 0.2) is 11.4 Å². The number of nitrogens with two attached hydrogens (primary N) is 1. The molecular formula is C28H29FN8O4S2. The van der Waals surface area contributed by atoms with Crippen LogP contribution in [0.5, 0.6) is 0 Å². The highest BCUT2D eigenvalue weighted by atomic mass is 32.2. The van der Waals surface area contributed by atoms with Crippen LogP contribution in [-0.4, -0.2) is 96.4 Å². The van der Waals surface area contributed by atoms with Crippen molar-refractivity contribution in [1.82, 2.24) is 29.0 Å². The van der Waals surface area contributed by atoms with Crippen molar-refractivity contribution >= 4 is 55.5 Å². The Kier molecular flexibility index (Phi) is 7.23. The van der Waals surface area contributed by atoms with Crippen LogP contribution in [0.25, 0.3) is 27.3 Å². The number of nitrogens with zero attached hydrogens (tertiary/aromatic N) is 7. The minimum absolute atomic E-state index is 0.121. The molecule has 2 fully saturated rings. The molecule has 0 radical (unpaired) electrons. The molecule has 0 aliphatic carbocycles. The van der Waals surface area contributed by atoms with E-state index >= 15 is 4.39 Å². The summed E-state index contributed by atoms with van der Waals surface area (Å²) in [5.74, 6) is 1.04. The summed E-state index contributed by atoms with van der Waals surface area (Å²) in [7, 11) is -0.886. The molecule has 15 heteroatoms. The maximum absolute atomic E-state index is 15.1. The summed E-state index contributed by atoms with van der Waals surface area (Å²) in [6.07, 6.45) is 1.57. The van der Waals surface area contributed by atoms with E-state index in [9.17, 15) is 13.8 Å². The van der Waals surface area contributed by atoms with Gasteiger partial charge in [-0.15, -0.1) is 0 Å². The molecule has 1 amide bonds. The van der Waals surface area contributed by atoms with E-state index in [0.717, 1.165) is 11.3 Å². The fraction of sp³-hybridized carbons (Fsp3) is 0.357. The van der Waals surface area contributed by atoms with Gasteiger partial charge >= 0.3 is 4.87 Å². The third-order valence-electron chi connectivity index (χ3n) is 8.03. The second-order valence-electron chi connectivity index (χ2n) is 10.6. The number of amides is 1. The van der Waals surface area contributed by atoms with Gasteiger partial charge in [-0.1, -0.05) is 11.3 Å². The predicted octanol–water partition coefficient (Wildman–Crippen LogP) is 2.11. The van der Waals surface area contributed by atoms with Crippen LogP contribution < -0.4 is 15.5 Å². The Morgan fingerprint density at radius 1 is 1.07 bits per heavy atom. The maximum Gasteiger partial charge on any atom is 0.309 e. The van der Waals surface area contributed by atoms with Gasteiger partial charge in [0.2, 0.25) is 5.95 Å². The molecule has 6 heterocycles. The van der Waals surface area contributed by atoms with Gasteiger partial charge in [0.25, 0.3) is 5.91 Å². The van der Waals surface area contributed by atoms with Crippen LogP contribution in [-0.2, 0) is 17.3 Å². The standard InChI is InChI=1S/C28H29FN8O4S2/c29-19-16-18(26(38)35-11-14-43(40)15-12-35)3-4-21(19)34-8-5-33(6-9-34)7-10-36-25-24(42-28(36)39)22-17-20(23-2-1-13-41-23)32-37(22)27(30)31-25/h1-4,13,16-17H,5-12,14-15H2,(H2,30,31). The van der Waals surface area contributed by atoms with E-state index in [1.54, 1.807) is 33.9 Å². The number of fused-ring (bicyclic) bond motifs is 3. The normalized spacial score (nSPS) is 17.0. The third kappa shape index (κ3) is 5.21. The SMILES string of the molecule is Nc1nc2c(sc(=O)n2CCN2CCN(c3ccc(C(=O)N4CCS(=O)CC4)cc3F)CC2)c2cc(-c3ccco3)nn12. The van der Waals surface area contributed by atoms with Gasteiger partial charge in [-0.25, -0.2) is 4.39 Å². The molecule has 7 rings (SSSR count). The Morgan fingerprint density at radius 3 is 2.58 bits per heavy atom. The average Bonchev–Trinajstić information content (AvgIpc) is 3.76. The van der Waals surface area contributed by atoms with Crippen LogP contribution in [0.4, 0.5) is 16.0 Å². The van der Waals surface area contributed by atoms with E-state index < -0.39 is 16.6 Å². The number of thiazole rings is 1. The van der Waals surface area contributed by atoms with Crippen molar-refractivity contribution in [2.24, 2.45) is 0 Å². The van der Waals surface area contributed by atoms with Crippen molar-refractivity contribution in [2.75, 3.05) is 68.0 Å². The van der Waals surface area contributed by atoms with Crippen molar-refractivity contribution in [2.45, 2.75) is 6.54 Å². The first kappa shape index (κ1) is 27.7. The quantitative estimate of drug-likeness (QED) is 0.301. The number of halogens is 1. The van der Waals surface area contributed by atoms with Crippen LogP contribution in [0.2, 0.25) is 0 Å². The van der Waals surface area contributed by atoms with Gasteiger partial charge < -0.3 is 20.0 Å². The lowest BCUT2D eigenvalue weighted by Crippen LogP contribution is -2.47. The fourth-order valence-electron chi connectivity index (χ4n) is 5.66. The minimum atomic E-state index is -0.886. The number of nitrogen functional groups attached to an aromatic ring is 1. The summed E-state index contributed by atoms with van der Waals surface area (Å²) >= 11 is 1.11. The summed E-state index contributed by atoms with van der Waals surface area (Å²) in [4.78, 5) is 36.0. The van der Waals surface area contributed by atoms with Gasteiger partial charge in [0, 0.05) is 80.2 Å². The molecule has 0 atom stereocenters. The van der Waals surface area contributed by atoms with Crippen molar-refractivity contribution < 1.29 is 17.8 Å². The van der Waals surface area contributed by atoms with Gasteiger partial charge in [-0.3, -0.25) is 23.3 Å². The highest BCUT2D eigenvalue weighted by Crippen LogP contribution is 2.28. The van der Waals surface area contributed by atoms with Crippen LogP contribution in [0.15, 0.2) is 51.9 Å². The van der Waals surface area contributed by atoms with Crippen molar-refractivity contribution in [3.05, 3.63) is 63.7 Å². The summed E-state index contributed by atoms with van der Waals surface area (Å²) in [6, 6.07) is 10.1. The molecule has 0 saturated carbocycles. The zero-order valence-electron chi connectivity index (χ0n) is 23.1. The lowest BCUT2D eigenvalue weighted by Gasteiger charge is -2.36. The Balaban J connectivity index is 1.01. The Labute approximate surface area is 251 Å². The zero-order chi connectivity index (χ0) is 29.7. The Bertz CT molecular complexity index is 1900. The molecule has 5 aromatic rings. The van der Waals surface area contributed by atoms with Crippen molar-refractivity contribution in [3.63, 3.8) is 0 Å². The highest BCUT2D eigenvalue weighted by Gasteiger charge is 2.25. The molecule has 43 heavy (non-hydrogen) atoms. The van der Waals surface area contributed by atoms with Crippen LogP contribution in [0.1, 0.15) is 10.4 Å². The van der Waals surface area contributed by atoms with Gasteiger partial charge in [0.05, 0.1) is 17.5 Å². The highest BCUT2D eigenvalue weighted by molar-refractivity contribution is 7.85. The first-order valence-electron chi connectivity index (χ1n) is 14.0. The molecule has 4 aromatic heterocycles. The lowest BCUT2D eigenvalue weighted by atomic mass is 10.1. The van der Waals surface area contributed by atoms with Gasteiger partial charge in [-0.2, -0.15) is 14.6 Å². The summed E-state index contributed by atoms with van der Waals surface area (Å²) in [6.45, 7) is 4.52. The average molecular weight is 625 g/mol. The number of benzene rings is 1. The van der Waals surface area contributed by atoms with E-state index in [4.69, 9.17) is 10.2 Å². The molecule has 1 aromatic carbocycles. The summed E-state index contributed by atoms with van der Waals surface area (Å²) < 4.78 is 36.1. The predicted molar refractivity (Wildman–Crippen MR) is 164 cm³/mol. The molecule has 224 valence electrons. The lowest BCUT2D eigenvalue weighted by molar-refractivity contribution is 0.0770. The number of anilines is 2. The molecule has 12 nitrogen and oxygen atoms in total. The number of rotatable bonds is 6. The van der Waals surface area contributed by atoms with Crippen LogP contribution in [0.3, 0.4) is 0 Å². The fourth-order valence-corrected chi connectivity index (χ4v) is 7.68. The van der Waals surface area contributed by atoms with Crippen LogP contribution in [0, 0.1) is 5.82 Å². The molecule has 2 aliphatic rings. The monoisotopic (exact) mass is 624 g/mol. The Morgan fingerprint density at radius 2 is 1.86 bits per heavy atom. The van der Waals surface area contributed by atoms with E-state index in [1.807, 2.05) is 17.0 Å². The molecule has 2 aliphatic heterocycles. The third-order valence-corrected chi connectivity index (χ3v) is 10.3. The van der Waals surface area contributed by atoms with Crippen molar-refractivity contribution in [3.8, 4) is 11.5 Å². The maximum atomic E-state index is 15.1. The van der Waals surface area contributed by atoms with Crippen LogP contribution >= 0.6 is 11.3 Å². The van der Waals surface area contributed by atoms with Crippen molar-refractivity contribution in [1.29, 1.82) is 0 Å². The molecule has 0 unspecified atom stereocenters. The molecule has 2 saturated heterocycles. The number of carbonyl (C=O) groups is 1. The second-order valence-corrected chi connectivity index (χ2v) is 13.2. The van der Waals surface area contributed by atoms with E-state index in [2.05, 4.69) is 15.0 Å². The topological polar surface area (TPSA) is 135 Å². The van der Waals surface area contributed by atoms with Gasteiger partial charge in [0.1, 0.15) is 16.2 Å². The molecule has 0 spiro atoms. The number of piperazine rings is 1. The summed E-state index contributed by atoms with van der Waals surface area (Å²) in [5.41, 5.74) is 8.83. The smallest absolute Gasteiger partial charge is 0.309 e. The second kappa shape index (κ2) is 11.2. The first-order chi connectivity index (χ1) is 20.9. The van der Waals surface area contributed by atoms with Gasteiger partial charge in [-0.05, 0) is 36.4 Å². The Hall–Kier alpha value is -4.08.